The lowest BCUT2D eigenvalue weighted by atomic mass is 10.1. The second-order valence-electron chi connectivity index (χ2n) is 3.10. The molecule has 17 heavy (non-hydrogen) atoms. The normalized spacial score (nSPS) is 10.5. The summed E-state index contributed by atoms with van der Waals surface area (Å²) in [5.41, 5.74) is 8.71. The summed E-state index contributed by atoms with van der Waals surface area (Å²) in [5, 5.41) is 11.8. The van der Waals surface area contributed by atoms with Crippen LogP contribution in [-0.4, -0.2) is 18.2 Å². The minimum absolute atomic E-state index is 0.321. The molecule has 1 N–H and O–H groups in total. The van der Waals surface area contributed by atoms with E-state index in [1.165, 1.54) is 13.2 Å². The maximum Gasteiger partial charge on any atom is 0.337 e. The van der Waals surface area contributed by atoms with Gasteiger partial charge in [0.15, 0.2) is 0 Å². The minimum atomic E-state index is -1.25. The number of carboxylic acids is 1. The first-order chi connectivity index (χ1) is 8.19. The van der Waals surface area contributed by atoms with Crippen molar-refractivity contribution in [3.8, 4) is 5.75 Å². The number of methoxy groups -OCH3 is 1. The second kappa shape index (κ2) is 6.19. The summed E-state index contributed by atoms with van der Waals surface area (Å²) in [6.07, 6.45) is 1.67. The van der Waals surface area contributed by atoms with Gasteiger partial charge in [-0.05, 0) is 23.6 Å². The average molecular weight is 233 g/mol. The highest BCUT2D eigenvalue weighted by atomic mass is 16.5. The van der Waals surface area contributed by atoms with E-state index in [-0.39, 0.29) is 5.70 Å². The SMILES string of the molecule is COc1ccccc1CC=C(N=[N+]=[N-])C(=O)O. The molecule has 1 aromatic rings. The summed E-state index contributed by atoms with van der Waals surface area (Å²) >= 11 is 0. The average Bonchev–Trinajstić information content (AvgIpc) is 2.34. The Bertz CT molecular complexity index is 486. The van der Waals surface area contributed by atoms with E-state index in [2.05, 4.69) is 10.0 Å². The Labute approximate surface area is 97.8 Å². The standard InChI is InChI=1S/C11H11N3O3/c1-17-10-5-3-2-4-8(10)6-7-9(11(15)16)13-14-12/h2-5,7H,6H2,1H3,(H,15,16). The van der Waals surface area contributed by atoms with Crippen molar-refractivity contribution in [2.24, 2.45) is 5.11 Å². The van der Waals surface area contributed by atoms with E-state index < -0.39 is 5.97 Å². The first-order valence-electron chi connectivity index (χ1n) is 4.79. The van der Waals surface area contributed by atoms with Gasteiger partial charge in [0, 0.05) is 4.91 Å². The molecule has 0 unspecified atom stereocenters. The number of azide groups is 1. The van der Waals surface area contributed by atoms with Gasteiger partial charge in [0.1, 0.15) is 11.4 Å². The van der Waals surface area contributed by atoms with Gasteiger partial charge in [-0.1, -0.05) is 29.4 Å². The number of nitrogens with zero attached hydrogens (tertiary/aromatic N) is 3. The van der Waals surface area contributed by atoms with Gasteiger partial charge in [0.2, 0.25) is 0 Å². The molecule has 0 bridgehead atoms. The number of hydrogen-bond donors (Lipinski definition) is 1. The van der Waals surface area contributed by atoms with Crippen molar-refractivity contribution in [1.82, 2.24) is 0 Å². The molecule has 0 saturated heterocycles. The van der Waals surface area contributed by atoms with Crippen LogP contribution in [0.3, 0.4) is 0 Å². The van der Waals surface area contributed by atoms with Crippen LogP contribution in [0.25, 0.3) is 10.4 Å². The Morgan fingerprint density at radius 2 is 2.29 bits per heavy atom. The molecule has 6 nitrogen and oxygen atoms in total. The van der Waals surface area contributed by atoms with Crippen LogP contribution in [0.4, 0.5) is 0 Å². The molecule has 0 fully saturated rings. The molecule has 88 valence electrons. The van der Waals surface area contributed by atoms with Crippen LogP contribution < -0.4 is 4.74 Å². The van der Waals surface area contributed by atoms with E-state index in [1.807, 2.05) is 18.2 Å². The number of allylic oxidation sites excluding steroid dienone is 1. The minimum Gasteiger partial charge on any atom is -0.496 e. The smallest absolute Gasteiger partial charge is 0.337 e. The lowest BCUT2D eigenvalue weighted by Gasteiger charge is -2.05. The van der Waals surface area contributed by atoms with Crippen molar-refractivity contribution in [2.45, 2.75) is 6.42 Å². The third kappa shape index (κ3) is 3.55. The molecule has 0 radical (unpaired) electrons. The zero-order valence-corrected chi connectivity index (χ0v) is 9.20. The monoisotopic (exact) mass is 233 g/mol. The third-order valence-electron chi connectivity index (χ3n) is 2.08. The highest BCUT2D eigenvalue weighted by molar-refractivity contribution is 5.86. The topological polar surface area (TPSA) is 95.3 Å². The number of carboxylic acid groups (broad SMARTS) is 1. The van der Waals surface area contributed by atoms with E-state index in [4.69, 9.17) is 15.4 Å². The first-order valence-corrected chi connectivity index (χ1v) is 4.79. The molecule has 0 heterocycles. The van der Waals surface area contributed by atoms with Crippen LogP contribution >= 0.6 is 0 Å². The molecule has 0 spiro atoms. The molecule has 6 heteroatoms. The molecule has 0 atom stereocenters. The summed E-state index contributed by atoms with van der Waals surface area (Å²) in [5.74, 6) is -0.591. The van der Waals surface area contributed by atoms with E-state index in [0.29, 0.717) is 12.2 Å². The van der Waals surface area contributed by atoms with Crippen molar-refractivity contribution >= 4 is 5.97 Å². The van der Waals surface area contributed by atoms with E-state index in [9.17, 15) is 4.79 Å². The van der Waals surface area contributed by atoms with Crippen LogP contribution in [0.1, 0.15) is 5.56 Å². The quantitative estimate of drug-likeness (QED) is 0.366. The molecule has 0 aliphatic carbocycles. The fourth-order valence-electron chi connectivity index (χ4n) is 1.30. The van der Waals surface area contributed by atoms with Crippen molar-refractivity contribution in [1.29, 1.82) is 0 Å². The Morgan fingerprint density at radius 1 is 1.59 bits per heavy atom. The Morgan fingerprint density at radius 3 is 2.88 bits per heavy atom. The third-order valence-corrected chi connectivity index (χ3v) is 2.08. The predicted octanol–water partition coefficient (Wildman–Crippen LogP) is 2.52. The molecule has 1 aromatic carbocycles. The molecule has 0 aliphatic rings. The lowest BCUT2D eigenvalue weighted by molar-refractivity contribution is -0.132. The number of ether oxygens (including phenoxy) is 1. The number of hydrogen-bond acceptors (Lipinski definition) is 3. The van der Waals surface area contributed by atoms with Gasteiger partial charge in [-0.15, -0.1) is 0 Å². The summed E-state index contributed by atoms with van der Waals surface area (Å²) in [6.45, 7) is 0. The number of carbonyl (C=O) groups is 1. The lowest BCUT2D eigenvalue weighted by Crippen LogP contribution is -1.98. The molecule has 0 amide bonds. The Hall–Kier alpha value is -2.46. The van der Waals surface area contributed by atoms with Crippen LogP contribution in [0.2, 0.25) is 0 Å². The maximum atomic E-state index is 10.7. The number of para-hydroxylation sites is 1. The second-order valence-corrected chi connectivity index (χ2v) is 3.10. The van der Waals surface area contributed by atoms with Crippen LogP contribution in [-0.2, 0) is 11.2 Å². The molecule has 1 rings (SSSR count). The number of aliphatic carboxylic acids is 1. The Kier molecular flexibility index (Phi) is 4.59. The van der Waals surface area contributed by atoms with Crippen molar-refractivity contribution in [2.75, 3.05) is 7.11 Å². The van der Waals surface area contributed by atoms with E-state index >= 15 is 0 Å². The van der Waals surface area contributed by atoms with Crippen LogP contribution in [0.5, 0.6) is 5.75 Å². The predicted molar refractivity (Wildman–Crippen MR) is 61.6 cm³/mol. The van der Waals surface area contributed by atoms with Gasteiger partial charge in [-0.3, -0.25) is 0 Å². The fraction of sp³-hybridized carbons (Fsp3) is 0.182. The van der Waals surface area contributed by atoms with Gasteiger partial charge in [0.05, 0.1) is 7.11 Å². The highest BCUT2D eigenvalue weighted by Gasteiger charge is 2.05. The van der Waals surface area contributed by atoms with Gasteiger partial charge in [0.25, 0.3) is 0 Å². The summed E-state index contributed by atoms with van der Waals surface area (Å²) < 4.78 is 5.12. The number of benzene rings is 1. The van der Waals surface area contributed by atoms with Gasteiger partial charge < -0.3 is 9.84 Å². The van der Waals surface area contributed by atoms with Gasteiger partial charge in [-0.25, -0.2) is 4.79 Å². The summed E-state index contributed by atoms with van der Waals surface area (Å²) in [7, 11) is 1.54. The molecular formula is C11H11N3O3. The molecule has 0 aliphatic heterocycles. The number of rotatable bonds is 5. The zero-order valence-electron chi connectivity index (χ0n) is 9.20. The largest absolute Gasteiger partial charge is 0.496 e. The van der Waals surface area contributed by atoms with Crippen LogP contribution in [0, 0.1) is 0 Å². The summed E-state index contributed by atoms with van der Waals surface area (Å²) in [4.78, 5) is 13.2. The van der Waals surface area contributed by atoms with Crippen molar-refractivity contribution in [3.63, 3.8) is 0 Å². The van der Waals surface area contributed by atoms with Gasteiger partial charge in [-0.2, -0.15) is 0 Å². The fourth-order valence-corrected chi connectivity index (χ4v) is 1.30. The van der Waals surface area contributed by atoms with Gasteiger partial charge >= 0.3 is 5.97 Å². The zero-order chi connectivity index (χ0) is 12.7. The van der Waals surface area contributed by atoms with Crippen molar-refractivity contribution in [3.05, 3.63) is 52.0 Å². The van der Waals surface area contributed by atoms with Crippen molar-refractivity contribution < 1.29 is 14.6 Å². The highest BCUT2D eigenvalue weighted by Crippen LogP contribution is 2.18. The first kappa shape index (κ1) is 12.6. The summed E-state index contributed by atoms with van der Waals surface area (Å²) in [6, 6.07) is 7.22. The molecule has 0 saturated carbocycles. The Balaban J connectivity index is 2.94. The molecular weight excluding hydrogens is 222 g/mol. The molecule has 0 aromatic heterocycles. The van der Waals surface area contributed by atoms with Crippen LogP contribution in [0.15, 0.2) is 41.2 Å². The van der Waals surface area contributed by atoms with E-state index in [0.717, 1.165) is 5.56 Å². The van der Waals surface area contributed by atoms with E-state index in [1.54, 1.807) is 6.07 Å². The maximum absolute atomic E-state index is 10.7.